The summed E-state index contributed by atoms with van der Waals surface area (Å²) in [5, 5.41) is 3.83. The summed E-state index contributed by atoms with van der Waals surface area (Å²) in [6, 6.07) is 7.17. The van der Waals surface area contributed by atoms with Crippen molar-refractivity contribution in [3.8, 4) is 17.1 Å². The van der Waals surface area contributed by atoms with Crippen LogP contribution in [0.5, 0.6) is 5.75 Å². The van der Waals surface area contributed by atoms with Crippen LogP contribution in [0.25, 0.3) is 11.4 Å². The highest BCUT2D eigenvalue weighted by Crippen LogP contribution is 2.19. The van der Waals surface area contributed by atoms with Gasteiger partial charge in [-0.3, -0.25) is 0 Å². The minimum atomic E-state index is -3.29. The van der Waals surface area contributed by atoms with E-state index in [1.165, 1.54) is 0 Å². The van der Waals surface area contributed by atoms with Gasteiger partial charge in [0.2, 0.25) is 21.7 Å². The van der Waals surface area contributed by atoms with Crippen LogP contribution in [0.4, 0.5) is 0 Å². The van der Waals surface area contributed by atoms with E-state index in [2.05, 4.69) is 14.9 Å². The third-order valence-corrected chi connectivity index (χ3v) is 4.26. The highest BCUT2D eigenvalue weighted by atomic mass is 32.2. The average molecular weight is 311 g/mol. The molecule has 0 aliphatic heterocycles. The second-order valence-corrected chi connectivity index (χ2v) is 6.31. The van der Waals surface area contributed by atoms with Crippen LogP contribution in [0, 0.1) is 0 Å². The van der Waals surface area contributed by atoms with Crippen molar-refractivity contribution in [2.45, 2.75) is 19.9 Å². The van der Waals surface area contributed by atoms with Crippen LogP contribution < -0.4 is 9.46 Å². The molecular weight excluding hydrogens is 294 g/mol. The van der Waals surface area contributed by atoms with Gasteiger partial charge in [-0.05, 0) is 30.7 Å². The molecule has 0 bridgehead atoms. The molecule has 7 nitrogen and oxygen atoms in total. The molecule has 1 N–H and O–H groups in total. The highest BCUT2D eigenvalue weighted by Gasteiger charge is 2.13. The molecule has 1 heterocycles. The summed E-state index contributed by atoms with van der Waals surface area (Å²) >= 11 is 0. The van der Waals surface area contributed by atoms with Crippen molar-refractivity contribution in [1.29, 1.82) is 0 Å². The molecule has 114 valence electrons. The fraction of sp³-hybridized carbons (Fsp3) is 0.385. The van der Waals surface area contributed by atoms with Crippen LogP contribution in [0.1, 0.15) is 19.2 Å². The summed E-state index contributed by atoms with van der Waals surface area (Å²) in [7, 11) is -1.70. The maximum absolute atomic E-state index is 11.5. The van der Waals surface area contributed by atoms with Crippen molar-refractivity contribution in [3.63, 3.8) is 0 Å². The molecule has 8 heteroatoms. The smallest absolute Gasteiger partial charge is 0.242 e. The molecule has 2 rings (SSSR count). The quantitative estimate of drug-likeness (QED) is 0.834. The molecule has 1 aromatic heterocycles. The molecule has 0 aliphatic rings. The molecular formula is C13H17N3O4S. The Labute approximate surface area is 123 Å². The lowest BCUT2D eigenvalue weighted by molar-refractivity contribution is 0.376. The minimum Gasteiger partial charge on any atom is -0.497 e. The Balaban J connectivity index is 2.04. The van der Waals surface area contributed by atoms with Gasteiger partial charge < -0.3 is 9.26 Å². The van der Waals surface area contributed by atoms with Crippen LogP contribution in [0.15, 0.2) is 28.8 Å². The van der Waals surface area contributed by atoms with E-state index in [0.29, 0.717) is 12.2 Å². The van der Waals surface area contributed by atoms with Gasteiger partial charge in [0.05, 0.1) is 19.4 Å². The lowest BCUT2D eigenvalue weighted by Crippen LogP contribution is -2.25. The summed E-state index contributed by atoms with van der Waals surface area (Å²) in [5.41, 5.74) is 0.766. The van der Waals surface area contributed by atoms with E-state index in [1.807, 2.05) is 0 Å². The SMILES string of the molecule is CCCS(=O)(=O)NCc1nc(-c2ccc(OC)cc2)no1. The van der Waals surface area contributed by atoms with E-state index in [4.69, 9.17) is 9.26 Å². The van der Waals surface area contributed by atoms with Gasteiger partial charge in [0.1, 0.15) is 5.75 Å². The molecule has 21 heavy (non-hydrogen) atoms. The highest BCUT2D eigenvalue weighted by molar-refractivity contribution is 7.89. The molecule has 0 amide bonds. The predicted octanol–water partition coefficient (Wildman–Crippen LogP) is 1.57. The van der Waals surface area contributed by atoms with Crippen LogP contribution in [0.2, 0.25) is 0 Å². The molecule has 1 aromatic carbocycles. The Morgan fingerprint density at radius 3 is 2.62 bits per heavy atom. The molecule has 0 saturated carbocycles. The van der Waals surface area contributed by atoms with Crippen LogP contribution in [-0.4, -0.2) is 31.4 Å². The molecule has 0 spiro atoms. The van der Waals surface area contributed by atoms with Crippen molar-refractivity contribution < 1.29 is 17.7 Å². The second kappa shape index (κ2) is 6.68. The first-order chi connectivity index (χ1) is 10.0. The van der Waals surface area contributed by atoms with Crippen molar-refractivity contribution in [3.05, 3.63) is 30.2 Å². The van der Waals surface area contributed by atoms with Crippen LogP contribution >= 0.6 is 0 Å². The van der Waals surface area contributed by atoms with Gasteiger partial charge in [-0.1, -0.05) is 12.1 Å². The molecule has 0 unspecified atom stereocenters. The van der Waals surface area contributed by atoms with E-state index in [0.717, 1.165) is 11.3 Å². The number of hydrogen-bond donors (Lipinski definition) is 1. The molecule has 0 saturated heterocycles. The lowest BCUT2D eigenvalue weighted by Gasteiger charge is -2.01. The van der Waals surface area contributed by atoms with E-state index < -0.39 is 10.0 Å². The van der Waals surface area contributed by atoms with Gasteiger partial charge in [-0.25, -0.2) is 13.1 Å². The Kier molecular flexibility index (Phi) is 4.92. The summed E-state index contributed by atoms with van der Waals surface area (Å²) in [4.78, 5) is 4.15. The Morgan fingerprint density at radius 1 is 1.29 bits per heavy atom. The Bertz CT molecular complexity index is 680. The number of nitrogens with one attached hydrogen (secondary N) is 1. The number of aromatic nitrogens is 2. The lowest BCUT2D eigenvalue weighted by atomic mass is 10.2. The van der Waals surface area contributed by atoms with E-state index in [-0.39, 0.29) is 18.2 Å². The predicted molar refractivity (Wildman–Crippen MR) is 77.2 cm³/mol. The number of sulfonamides is 1. The standard InChI is InChI=1S/C13H17N3O4S/c1-3-8-21(17,18)14-9-12-15-13(16-20-12)10-4-6-11(19-2)7-5-10/h4-7,14H,3,8-9H2,1-2H3. The largest absolute Gasteiger partial charge is 0.497 e. The number of benzene rings is 1. The van der Waals surface area contributed by atoms with Crippen molar-refractivity contribution >= 4 is 10.0 Å². The zero-order valence-electron chi connectivity index (χ0n) is 11.9. The van der Waals surface area contributed by atoms with Crippen molar-refractivity contribution in [2.24, 2.45) is 0 Å². The zero-order chi connectivity index (χ0) is 15.3. The van der Waals surface area contributed by atoms with Gasteiger partial charge in [0.15, 0.2) is 0 Å². The number of ether oxygens (including phenoxy) is 1. The topological polar surface area (TPSA) is 94.3 Å². The molecule has 0 aliphatic carbocycles. The van der Waals surface area contributed by atoms with Gasteiger partial charge in [-0.2, -0.15) is 4.98 Å². The summed E-state index contributed by atoms with van der Waals surface area (Å²) < 4.78 is 35.6. The second-order valence-electron chi connectivity index (χ2n) is 4.38. The number of nitrogens with zero attached hydrogens (tertiary/aromatic N) is 2. The van der Waals surface area contributed by atoms with Gasteiger partial charge >= 0.3 is 0 Å². The van der Waals surface area contributed by atoms with Crippen LogP contribution in [-0.2, 0) is 16.6 Å². The monoisotopic (exact) mass is 311 g/mol. The maximum Gasteiger partial charge on any atom is 0.242 e. The third kappa shape index (κ3) is 4.27. The van der Waals surface area contributed by atoms with E-state index in [9.17, 15) is 8.42 Å². The molecule has 0 fully saturated rings. The first kappa shape index (κ1) is 15.5. The molecule has 2 aromatic rings. The number of methoxy groups -OCH3 is 1. The van der Waals surface area contributed by atoms with Gasteiger partial charge in [-0.15, -0.1) is 0 Å². The minimum absolute atomic E-state index is 0.00844. The summed E-state index contributed by atoms with van der Waals surface area (Å²) in [5.74, 6) is 1.43. The summed E-state index contributed by atoms with van der Waals surface area (Å²) in [6.07, 6.45) is 0.552. The van der Waals surface area contributed by atoms with E-state index >= 15 is 0 Å². The molecule has 0 atom stereocenters. The van der Waals surface area contributed by atoms with E-state index in [1.54, 1.807) is 38.3 Å². The van der Waals surface area contributed by atoms with Gasteiger partial charge in [0.25, 0.3) is 0 Å². The Hall–Kier alpha value is -1.93. The fourth-order valence-corrected chi connectivity index (χ4v) is 2.72. The average Bonchev–Trinajstić information content (AvgIpc) is 2.94. The van der Waals surface area contributed by atoms with Crippen molar-refractivity contribution in [1.82, 2.24) is 14.9 Å². The zero-order valence-corrected chi connectivity index (χ0v) is 12.7. The Morgan fingerprint density at radius 2 is 2.00 bits per heavy atom. The first-order valence-corrected chi connectivity index (χ1v) is 8.13. The third-order valence-electron chi connectivity index (χ3n) is 2.73. The first-order valence-electron chi connectivity index (χ1n) is 6.48. The number of hydrogen-bond acceptors (Lipinski definition) is 6. The fourth-order valence-electron chi connectivity index (χ4n) is 1.70. The van der Waals surface area contributed by atoms with Crippen LogP contribution in [0.3, 0.4) is 0 Å². The maximum atomic E-state index is 11.5. The van der Waals surface area contributed by atoms with Gasteiger partial charge in [0, 0.05) is 5.56 Å². The summed E-state index contributed by atoms with van der Waals surface area (Å²) in [6.45, 7) is 1.79. The van der Waals surface area contributed by atoms with Crippen molar-refractivity contribution in [2.75, 3.05) is 12.9 Å². The molecule has 0 radical (unpaired) electrons. The number of rotatable bonds is 7. The normalized spacial score (nSPS) is 11.5.